The van der Waals surface area contributed by atoms with Gasteiger partial charge in [-0.25, -0.2) is 0 Å². The van der Waals surface area contributed by atoms with Gasteiger partial charge < -0.3 is 10.5 Å². The van der Waals surface area contributed by atoms with Crippen molar-refractivity contribution in [1.82, 2.24) is 9.78 Å². The van der Waals surface area contributed by atoms with Gasteiger partial charge >= 0.3 is 0 Å². The zero-order valence-electron chi connectivity index (χ0n) is 9.07. The summed E-state index contributed by atoms with van der Waals surface area (Å²) in [7, 11) is 1.80. The van der Waals surface area contributed by atoms with E-state index in [4.69, 9.17) is 10.5 Å². The number of hydrogen-bond donors (Lipinski definition) is 1. The van der Waals surface area contributed by atoms with Gasteiger partial charge in [0.1, 0.15) is 11.4 Å². The van der Waals surface area contributed by atoms with E-state index >= 15 is 0 Å². The van der Waals surface area contributed by atoms with E-state index in [9.17, 15) is 0 Å². The minimum absolute atomic E-state index is 0.434. The molecule has 0 amide bonds. The van der Waals surface area contributed by atoms with Crippen LogP contribution in [0.25, 0.3) is 0 Å². The lowest BCUT2D eigenvalue weighted by Crippen LogP contribution is -1.92. The van der Waals surface area contributed by atoms with Crippen molar-refractivity contribution in [3.05, 3.63) is 34.4 Å². The van der Waals surface area contributed by atoms with Gasteiger partial charge in [0.05, 0.1) is 6.20 Å². The van der Waals surface area contributed by atoms with Gasteiger partial charge in [-0.05, 0) is 24.6 Å². The van der Waals surface area contributed by atoms with E-state index in [-0.39, 0.29) is 0 Å². The summed E-state index contributed by atoms with van der Waals surface area (Å²) >= 11 is 3.40. The predicted octanol–water partition coefficient (Wildman–Crippen LogP) is 2.87. The Morgan fingerprint density at radius 2 is 2.19 bits per heavy atom. The van der Waals surface area contributed by atoms with Gasteiger partial charge in [-0.15, -0.1) is 5.10 Å². The highest BCUT2D eigenvalue weighted by Gasteiger charge is 2.08. The number of aromatic nitrogens is 2. The average molecular weight is 282 g/mol. The smallest absolute Gasteiger partial charge is 0.261 e. The lowest BCUT2D eigenvalue weighted by atomic mass is 10.2. The van der Waals surface area contributed by atoms with Gasteiger partial charge in [0.2, 0.25) is 0 Å². The van der Waals surface area contributed by atoms with E-state index in [1.807, 2.05) is 25.1 Å². The molecule has 1 aromatic carbocycles. The summed E-state index contributed by atoms with van der Waals surface area (Å²) < 4.78 is 8.24. The van der Waals surface area contributed by atoms with Gasteiger partial charge in [0, 0.05) is 11.5 Å². The molecule has 1 heterocycles. The van der Waals surface area contributed by atoms with Crippen LogP contribution in [0.5, 0.6) is 11.6 Å². The number of hydrogen-bond acceptors (Lipinski definition) is 3. The Hall–Kier alpha value is -1.49. The summed E-state index contributed by atoms with van der Waals surface area (Å²) in [6.45, 7) is 1.97. The van der Waals surface area contributed by atoms with Crippen molar-refractivity contribution >= 4 is 21.6 Å². The van der Waals surface area contributed by atoms with Crippen LogP contribution < -0.4 is 10.5 Å². The summed E-state index contributed by atoms with van der Waals surface area (Å²) in [4.78, 5) is 0. The van der Waals surface area contributed by atoms with Crippen LogP contribution in [0, 0.1) is 6.92 Å². The van der Waals surface area contributed by atoms with Gasteiger partial charge in [0.15, 0.2) is 0 Å². The minimum Gasteiger partial charge on any atom is -0.436 e. The van der Waals surface area contributed by atoms with Crippen molar-refractivity contribution in [2.24, 2.45) is 7.05 Å². The molecule has 0 fully saturated rings. The van der Waals surface area contributed by atoms with Crippen molar-refractivity contribution in [1.29, 1.82) is 0 Å². The molecule has 0 saturated carbocycles. The highest BCUT2D eigenvalue weighted by Crippen LogP contribution is 2.29. The molecular weight excluding hydrogens is 270 g/mol. The summed E-state index contributed by atoms with van der Waals surface area (Å²) in [5.41, 5.74) is 7.32. The first-order valence-corrected chi connectivity index (χ1v) is 5.58. The van der Waals surface area contributed by atoms with E-state index < -0.39 is 0 Å². The van der Waals surface area contributed by atoms with Crippen LogP contribution in [0.1, 0.15) is 5.56 Å². The molecule has 0 aliphatic carbocycles. The molecule has 5 heteroatoms. The summed E-state index contributed by atoms with van der Waals surface area (Å²) in [6, 6.07) is 5.83. The van der Waals surface area contributed by atoms with E-state index in [1.165, 1.54) is 0 Å². The Balaban J connectivity index is 2.33. The second kappa shape index (κ2) is 4.17. The van der Waals surface area contributed by atoms with Crippen LogP contribution in [0.4, 0.5) is 5.69 Å². The molecule has 0 unspecified atom stereocenters. The highest BCUT2D eigenvalue weighted by molar-refractivity contribution is 9.10. The lowest BCUT2D eigenvalue weighted by Gasteiger charge is -2.06. The van der Waals surface area contributed by atoms with Crippen molar-refractivity contribution in [2.45, 2.75) is 6.92 Å². The van der Waals surface area contributed by atoms with Crippen molar-refractivity contribution < 1.29 is 4.74 Å². The second-order valence-electron chi connectivity index (χ2n) is 3.58. The van der Waals surface area contributed by atoms with Gasteiger partial charge in [0.25, 0.3) is 5.88 Å². The van der Waals surface area contributed by atoms with Crippen molar-refractivity contribution in [2.75, 3.05) is 5.73 Å². The van der Waals surface area contributed by atoms with Crippen molar-refractivity contribution in [3.8, 4) is 11.6 Å². The van der Waals surface area contributed by atoms with Crippen LogP contribution in [-0.4, -0.2) is 9.78 Å². The Morgan fingerprint density at radius 1 is 1.44 bits per heavy atom. The summed E-state index contributed by atoms with van der Waals surface area (Å²) in [6.07, 6.45) is 1.71. The zero-order chi connectivity index (χ0) is 11.7. The number of nitrogen functional groups attached to an aromatic ring is 1. The second-order valence-corrected chi connectivity index (χ2v) is 4.49. The standard InChI is InChI=1S/C11H12BrN3O/c1-7-3-4-8(12)5-10(7)16-11-9(13)6-15(2)14-11/h3-6H,13H2,1-2H3. The maximum atomic E-state index is 5.76. The molecular formula is C11H12BrN3O. The number of benzene rings is 1. The van der Waals surface area contributed by atoms with Crippen molar-refractivity contribution in [3.63, 3.8) is 0 Å². The molecule has 0 saturated heterocycles. The number of anilines is 1. The molecule has 2 aromatic rings. The average Bonchev–Trinajstić information content (AvgIpc) is 2.51. The maximum Gasteiger partial charge on any atom is 0.261 e. The third kappa shape index (κ3) is 2.19. The number of aryl methyl sites for hydroxylation is 2. The predicted molar refractivity (Wildman–Crippen MR) is 66.6 cm³/mol. The zero-order valence-corrected chi connectivity index (χ0v) is 10.7. The van der Waals surface area contributed by atoms with Crippen LogP contribution in [-0.2, 0) is 7.05 Å². The Bertz CT molecular complexity index is 522. The Morgan fingerprint density at radius 3 is 2.81 bits per heavy atom. The fourth-order valence-electron chi connectivity index (χ4n) is 1.35. The summed E-state index contributed by atoms with van der Waals surface area (Å²) in [5, 5.41) is 4.13. The van der Waals surface area contributed by atoms with Crippen LogP contribution in [0.15, 0.2) is 28.9 Å². The molecule has 0 spiro atoms. The molecule has 0 atom stereocenters. The number of nitrogens with zero attached hydrogens (tertiary/aromatic N) is 2. The third-order valence-electron chi connectivity index (χ3n) is 2.18. The molecule has 0 radical (unpaired) electrons. The van der Waals surface area contributed by atoms with Crippen LogP contribution in [0.2, 0.25) is 0 Å². The molecule has 2 rings (SSSR count). The van der Waals surface area contributed by atoms with Gasteiger partial charge in [-0.3, -0.25) is 4.68 Å². The minimum atomic E-state index is 0.434. The highest BCUT2D eigenvalue weighted by atomic mass is 79.9. The Kier molecular flexibility index (Phi) is 2.87. The first-order chi connectivity index (χ1) is 7.56. The largest absolute Gasteiger partial charge is 0.436 e. The normalized spacial score (nSPS) is 10.4. The number of halogens is 1. The maximum absolute atomic E-state index is 5.76. The Labute approximate surface area is 102 Å². The molecule has 16 heavy (non-hydrogen) atoms. The third-order valence-corrected chi connectivity index (χ3v) is 2.67. The number of ether oxygens (including phenoxy) is 1. The quantitative estimate of drug-likeness (QED) is 0.921. The van der Waals surface area contributed by atoms with Crippen LogP contribution >= 0.6 is 15.9 Å². The van der Waals surface area contributed by atoms with Gasteiger partial charge in [-0.1, -0.05) is 22.0 Å². The van der Waals surface area contributed by atoms with E-state index in [0.29, 0.717) is 11.6 Å². The molecule has 0 bridgehead atoms. The molecule has 4 nitrogen and oxygen atoms in total. The lowest BCUT2D eigenvalue weighted by molar-refractivity contribution is 0.452. The van der Waals surface area contributed by atoms with E-state index in [0.717, 1.165) is 15.8 Å². The van der Waals surface area contributed by atoms with E-state index in [1.54, 1.807) is 17.9 Å². The first kappa shape index (κ1) is 11.0. The fraction of sp³-hybridized carbons (Fsp3) is 0.182. The summed E-state index contributed by atoms with van der Waals surface area (Å²) in [5.74, 6) is 1.18. The molecule has 0 aliphatic heterocycles. The monoisotopic (exact) mass is 281 g/mol. The molecule has 84 valence electrons. The molecule has 2 N–H and O–H groups in total. The fourth-order valence-corrected chi connectivity index (χ4v) is 1.69. The van der Waals surface area contributed by atoms with Gasteiger partial charge in [-0.2, -0.15) is 0 Å². The molecule has 1 aromatic heterocycles. The SMILES string of the molecule is Cc1ccc(Br)cc1Oc1nn(C)cc1N. The first-order valence-electron chi connectivity index (χ1n) is 4.79. The van der Waals surface area contributed by atoms with Crippen LogP contribution in [0.3, 0.4) is 0 Å². The van der Waals surface area contributed by atoms with E-state index in [2.05, 4.69) is 21.0 Å². The molecule has 0 aliphatic rings. The number of nitrogens with two attached hydrogens (primary N) is 1. The number of rotatable bonds is 2. The topological polar surface area (TPSA) is 53.1 Å².